The maximum absolute atomic E-state index is 3.42. The Morgan fingerprint density at radius 2 is 1.76 bits per heavy atom. The van der Waals surface area contributed by atoms with Crippen LogP contribution in [-0.2, 0) is 0 Å². The molecule has 1 aromatic rings. The molecule has 1 unspecified atom stereocenters. The second kappa shape index (κ2) is 7.78. The monoisotopic (exact) mass is 251 g/mol. The molecule has 0 aliphatic heterocycles. The van der Waals surface area contributed by atoms with E-state index in [1.807, 2.05) is 11.8 Å². The number of thioether (sulfide) groups is 1. The average molecular weight is 251 g/mol. The zero-order valence-electron chi connectivity index (χ0n) is 11.5. The molecule has 1 nitrogen and oxygen atoms in total. The van der Waals surface area contributed by atoms with Crippen molar-refractivity contribution < 1.29 is 0 Å². The van der Waals surface area contributed by atoms with Gasteiger partial charge in [-0.05, 0) is 44.9 Å². The summed E-state index contributed by atoms with van der Waals surface area (Å²) in [4.78, 5) is 1.38. The van der Waals surface area contributed by atoms with Crippen molar-refractivity contribution in [1.29, 1.82) is 0 Å². The minimum Gasteiger partial charge on any atom is -0.316 e. The Kier molecular flexibility index (Phi) is 6.68. The molecule has 0 amide bonds. The van der Waals surface area contributed by atoms with Crippen LogP contribution in [0.15, 0.2) is 29.2 Å². The molecule has 96 valence electrons. The summed E-state index contributed by atoms with van der Waals surface area (Å²) in [6, 6.07) is 9.43. The van der Waals surface area contributed by atoms with Gasteiger partial charge in [0.1, 0.15) is 0 Å². The van der Waals surface area contributed by atoms with Crippen molar-refractivity contribution >= 4 is 11.8 Å². The SMILES string of the molecule is CNC(CCC(C)C)CSc1ccc(C)cc1. The van der Waals surface area contributed by atoms with E-state index in [9.17, 15) is 0 Å². The predicted molar refractivity (Wildman–Crippen MR) is 78.8 cm³/mol. The molecule has 2 heteroatoms. The first-order valence-corrected chi connectivity index (χ1v) is 7.47. The molecular weight excluding hydrogens is 226 g/mol. The van der Waals surface area contributed by atoms with E-state index in [2.05, 4.69) is 57.4 Å². The van der Waals surface area contributed by atoms with Gasteiger partial charge in [0, 0.05) is 16.7 Å². The molecule has 1 aromatic carbocycles. The number of hydrogen-bond acceptors (Lipinski definition) is 2. The van der Waals surface area contributed by atoms with Gasteiger partial charge in [-0.1, -0.05) is 31.5 Å². The van der Waals surface area contributed by atoms with Crippen molar-refractivity contribution in [1.82, 2.24) is 5.32 Å². The smallest absolute Gasteiger partial charge is 0.0158 e. The van der Waals surface area contributed by atoms with Crippen LogP contribution >= 0.6 is 11.8 Å². The van der Waals surface area contributed by atoms with E-state index in [0.29, 0.717) is 6.04 Å². The predicted octanol–water partition coefficient (Wildman–Crippen LogP) is 4.11. The second-order valence-electron chi connectivity index (χ2n) is 5.08. The third kappa shape index (κ3) is 6.13. The topological polar surface area (TPSA) is 12.0 Å². The fourth-order valence-electron chi connectivity index (χ4n) is 1.68. The van der Waals surface area contributed by atoms with E-state index in [1.165, 1.54) is 23.3 Å². The Bertz CT molecular complexity index is 305. The van der Waals surface area contributed by atoms with Gasteiger partial charge in [-0.2, -0.15) is 0 Å². The molecule has 0 heterocycles. The highest BCUT2D eigenvalue weighted by Gasteiger charge is 2.07. The van der Waals surface area contributed by atoms with Gasteiger partial charge in [-0.3, -0.25) is 0 Å². The molecule has 0 spiro atoms. The summed E-state index contributed by atoms with van der Waals surface area (Å²) in [6.07, 6.45) is 2.58. The van der Waals surface area contributed by atoms with Gasteiger partial charge in [0.05, 0.1) is 0 Å². The molecule has 0 aliphatic carbocycles. The first-order chi connectivity index (χ1) is 8.11. The molecule has 0 fully saturated rings. The van der Waals surface area contributed by atoms with Crippen LogP contribution in [0.25, 0.3) is 0 Å². The van der Waals surface area contributed by atoms with Gasteiger partial charge >= 0.3 is 0 Å². The molecule has 17 heavy (non-hydrogen) atoms. The van der Waals surface area contributed by atoms with Gasteiger partial charge in [0.2, 0.25) is 0 Å². The standard InChI is InChI=1S/C15H25NS/c1-12(2)5-8-14(16-4)11-17-15-9-6-13(3)7-10-15/h6-7,9-10,12,14,16H,5,8,11H2,1-4H3. The molecule has 1 N–H and O–H groups in total. The van der Waals surface area contributed by atoms with Crippen LogP contribution in [0, 0.1) is 12.8 Å². The van der Waals surface area contributed by atoms with Crippen molar-refractivity contribution in [2.45, 2.75) is 44.6 Å². The van der Waals surface area contributed by atoms with Crippen molar-refractivity contribution in [3.63, 3.8) is 0 Å². The average Bonchev–Trinajstić information content (AvgIpc) is 2.31. The lowest BCUT2D eigenvalue weighted by Crippen LogP contribution is -2.28. The fraction of sp³-hybridized carbons (Fsp3) is 0.600. The van der Waals surface area contributed by atoms with Gasteiger partial charge < -0.3 is 5.32 Å². The molecular formula is C15H25NS. The van der Waals surface area contributed by atoms with E-state index in [-0.39, 0.29) is 0 Å². The van der Waals surface area contributed by atoms with E-state index in [4.69, 9.17) is 0 Å². The Labute approximate surface area is 110 Å². The van der Waals surface area contributed by atoms with E-state index in [1.54, 1.807) is 0 Å². The largest absolute Gasteiger partial charge is 0.316 e. The molecule has 0 bridgehead atoms. The minimum absolute atomic E-state index is 0.628. The highest BCUT2D eigenvalue weighted by atomic mass is 32.2. The van der Waals surface area contributed by atoms with Crippen LogP contribution in [0.1, 0.15) is 32.3 Å². The Morgan fingerprint density at radius 1 is 1.12 bits per heavy atom. The molecule has 0 saturated heterocycles. The lowest BCUT2D eigenvalue weighted by Gasteiger charge is -2.16. The maximum atomic E-state index is 3.42. The van der Waals surface area contributed by atoms with Crippen molar-refractivity contribution in [2.24, 2.45) is 5.92 Å². The summed E-state index contributed by atoms with van der Waals surface area (Å²) in [6.45, 7) is 6.72. The molecule has 0 saturated carbocycles. The highest BCUT2D eigenvalue weighted by molar-refractivity contribution is 7.99. The van der Waals surface area contributed by atoms with Crippen LogP contribution < -0.4 is 5.32 Å². The zero-order valence-corrected chi connectivity index (χ0v) is 12.3. The van der Waals surface area contributed by atoms with Crippen molar-refractivity contribution in [2.75, 3.05) is 12.8 Å². The van der Waals surface area contributed by atoms with Crippen molar-refractivity contribution in [3.8, 4) is 0 Å². The fourth-order valence-corrected chi connectivity index (χ4v) is 2.73. The summed E-state index contributed by atoms with van der Waals surface area (Å²) in [5.74, 6) is 1.96. The van der Waals surface area contributed by atoms with E-state index in [0.717, 1.165) is 11.7 Å². The summed E-state index contributed by atoms with van der Waals surface area (Å²) in [5.41, 5.74) is 1.33. The first kappa shape index (κ1) is 14.6. The summed E-state index contributed by atoms with van der Waals surface area (Å²) < 4.78 is 0. The lowest BCUT2D eigenvalue weighted by molar-refractivity contribution is 0.479. The lowest BCUT2D eigenvalue weighted by atomic mass is 10.0. The van der Waals surface area contributed by atoms with Crippen LogP contribution in [0.4, 0.5) is 0 Å². The van der Waals surface area contributed by atoms with Crippen LogP contribution in [-0.4, -0.2) is 18.8 Å². The summed E-state index contributed by atoms with van der Waals surface area (Å²) in [5, 5.41) is 3.42. The Hall–Kier alpha value is -0.470. The van der Waals surface area contributed by atoms with Gasteiger partial charge in [-0.15, -0.1) is 11.8 Å². The van der Waals surface area contributed by atoms with Gasteiger partial charge in [0.15, 0.2) is 0 Å². The third-order valence-corrected chi connectivity index (χ3v) is 4.15. The quantitative estimate of drug-likeness (QED) is 0.732. The summed E-state index contributed by atoms with van der Waals surface area (Å²) in [7, 11) is 2.07. The first-order valence-electron chi connectivity index (χ1n) is 6.48. The van der Waals surface area contributed by atoms with Crippen molar-refractivity contribution in [3.05, 3.63) is 29.8 Å². The number of hydrogen-bond donors (Lipinski definition) is 1. The van der Waals surface area contributed by atoms with E-state index < -0.39 is 0 Å². The minimum atomic E-state index is 0.628. The maximum Gasteiger partial charge on any atom is 0.0158 e. The molecule has 0 radical (unpaired) electrons. The number of benzene rings is 1. The number of nitrogens with one attached hydrogen (secondary N) is 1. The van der Waals surface area contributed by atoms with Crippen LogP contribution in [0.5, 0.6) is 0 Å². The van der Waals surface area contributed by atoms with Crippen LogP contribution in [0.3, 0.4) is 0 Å². The summed E-state index contributed by atoms with van der Waals surface area (Å²) >= 11 is 1.95. The highest BCUT2D eigenvalue weighted by Crippen LogP contribution is 2.20. The van der Waals surface area contributed by atoms with E-state index >= 15 is 0 Å². The molecule has 0 aliphatic rings. The zero-order chi connectivity index (χ0) is 12.7. The third-order valence-electron chi connectivity index (χ3n) is 2.97. The second-order valence-corrected chi connectivity index (χ2v) is 6.17. The van der Waals surface area contributed by atoms with Crippen LogP contribution in [0.2, 0.25) is 0 Å². The molecule has 1 atom stereocenters. The van der Waals surface area contributed by atoms with Gasteiger partial charge in [0.25, 0.3) is 0 Å². The Balaban J connectivity index is 2.34. The number of rotatable bonds is 7. The molecule has 0 aromatic heterocycles. The van der Waals surface area contributed by atoms with Gasteiger partial charge in [-0.25, -0.2) is 0 Å². The normalized spacial score (nSPS) is 13.0. The number of aryl methyl sites for hydroxylation is 1. The molecule has 1 rings (SSSR count). The Morgan fingerprint density at radius 3 is 2.29 bits per heavy atom.